The smallest absolute Gasteiger partial charge is 0.324 e. The summed E-state index contributed by atoms with van der Waals surface area (Å²) in [6, 6.07) is 13.7. The number of hydrogen-bond acceptors (Lipinski definition) is 5. The first-order valence-electron chi connectivity index (χ1n) is 9.03. The third-order valence-electron chi connectivity index (χ3n) is 4.06. The van der Waals surface area contributed by atoms with Crippen LogP contribution in [-0.4, -0.2) is 32.8 Å². The van der Waals surface area contributed by atoms with Gasteiger partial charge in [-0.3, -0.25) is 9.59 Å². The van der Waals surface area contributed by atoms with Gasteiger partial charge in [0.05, 0.1) is 4.90 Å². The van der Waals surface area contributed by atoms with Gasteiger partial charge in [-0.15, -0.1) is 0 Å². The first kappa shape index (κ1) is 21.8. The van der Waals surface area contributed by atoms with E-state index in [1.165, 1.54) is 12.1 Å². The standard InChI is InChI=1S/C21H25NO5S/c1-15(2)13-19(22-28(25,26)18-11-9-16(3)10-12-18)21(24)27-14-20(23)17-7-5-4-6-8-17/h4-12,15,19,22H,13-14H2,1-3H3/t19-/m1/s1. The Morgan fingerprint density at radius 3 is 2.18 bits per heavy atom. The van der Waals surface area contributed by atoms with Crippen LogP contribution in [0, 0.1) is 12.8 Å². The van der Waals surface area contributed by atoms with Crippen molar-refractivity contribution < 1.29 is 22.7 Å². The maximum atomic E-state index is 12.6. The number of aryl methyl sites for hydroxylation is 1. The predicted octanol–water partition coefficient (Wildman–Crippen LogP) is 3.11. The van der Waals surface area contributed by atoms with E-state index in [0.717, 1.165) is 5.56 Å². The van der Waals surface area contributed by atoms with Crippen molar-refractivity contribution in [3.05, 3.63) is 65.7 Å². The van der Waals surface area contributed by atoms with Crippen molar-refractivity contribution in [2.75, 3.05) is 6.61 Å². The zero-order chi connectivity index (χ0) is 20.7. The molecule has 0 aliphatic carbocycles. The molecule has 0 unspecified atom stereocenters. The second-order valence-electron chi connectivity index (χ2n) is 7.01. The fourth-order valence-corrected chi connectivity index (χ4v) is 3.78. The summed E-state index contributed by atoms with van der Waals surface area (Å²) in [5.74, 6) is -1.07. The summed E-state index contributed by atoms with van der Waals surface area (Å²) in [4.78, 5) is 24.7. The summed E-state index contributed by atoms with van der Waals surface area (Å²) in [7, 11) is -3.89. The Bertz CT molecular complexity index is 906. The van der Waals surface area contributed by atoms with E-state index in [9.17, 15) is 18.0 Å². The maximum absolute atomic E-state index is 12.6. The highest BCUT2D eigenvalue weighted by Crippen LogP contribution is 2.14. The highest BCUT2D eigenvalue weighted by atomic mass is 32.2. The van der Waals surface area contributed by atoms with Crippen molar-refractivity contribution in [1.29, 1.82) is 0 Å². The van der Waals surface area contributed by atoms with E-state index >= 15 is 0 Å². The average Bonchev–Trinajstić information content (AvgIpc) is 2.65. The van der Waals surface area contributed by atoms with Crippen LogP contribution in [0.5, 0.6) is 0 Å². The lowest BCUT2D eigenvalue weighted by Crippen LogP contribution is -2.43. The quantitative estimate of drug-likeness (QED) is 0.513. The van der Waals surface area contributed by atoms with E-state index in [4.69, 9.17) is 4.74 Å². The van der Waals surface area contributed by atoms with Gasteiger partial charge >= 0.3 is 5.97 Å². The molecule has 2 aromatic carbocycles. The van der Waals surface area contributed by atoms with Crippen molar-refractivity contribution in [3.63, 3.8) is 0 Å². The van der Waals surface area contributed by atoms with Gasteiger partial charge in [0.2, 0.25) is 10.0 Å². The van der Waals surface area contributed by atoms with Gasteiger partial charge in [0.25, 0.3) is 0 Å². The van der Waals surface area contributed by atoms with Crippen LogP contribution in [0.3, 0.4) is 0 Å². The SMILES string of the molecule is Cc1ccc(S(=O)(=O)N[C@H](CC(C)C)C(=O)OCC(=O)c2ccccc2)cc1. The number of ketones is 1. The molecule has 0 amide bonds. The molecule has 0 saturated carbocycles. The van der Waals surface area contributed by atoms with Crippen LogP contribution >= 0.6 is 0 Å². The molecule has 0 aromatic heterocycles. The molecule has 0 spiro atoms. The lowest BCUT2D eigenvalue weighted by Gasteiger charge is -2.19. The lowest BCUT2D eigenvalue weighted by molar-refractivity contribution is -0.144. The molecule has 0 radical (unpaired) electrons. The Morgan fingerprint density at radius 1 is 1.00 bits per heavy atom. The number of benzene rings is 2. The van der Waals surface area contributed by atoms with E-state index in [-0.39, 0.29) is 23.0 Å². The fraction of sp³-hybridized carbons (Fsp3) is 0.333. The molecule has 2 rings (SSSR count). The van der Waals surface area contributed by atoms with E-state index < -0.39 is 28.6 Å². The molecule has 2 aromatic rings. The number of hydrogen-bond donors (Lipinski definition) is 1. The van der Waals surface area contributed by atoms with Crippen LogP contribution in [0.4, 0.5) is 0 Å². The minimum atomic E-state index is -3.89. The van der Waals surface area contributed by atoms with Gasteiger partial charge in [0.15, 0.2) is 12.4 Å². The molecule has 0 aliphatic rings. The Kier molecular flexibility index (Phi) is 7.48. The zero-order valence-corrected chi connectivity index (χ0v) is 17.0. The van der Waals surface area contributed by atoms with Gasteiger partial charge in [0.1, 0.15) is 6.04 Å². The van der Waals surface area contributed by atoms with Crippen molar-refractivity contribution in [2.24, 2.45) is 5.92 Å². The Labute approximate surface area is 166 Å². The lowest BCUT2D eigenvalue weighted by atomic mass is 10.0. The summed E-state index contributed by atoms with van der Waals surface area (Å²) in [6.45, 7) is 5.15. The van der Waals surface area contributed by atoms with Gasteiger partial charge in [-0.05, 0) is 31.4 Å². The summed E-state index contributed by atoms with van der Waals surface area (Å²) in [5, 5.41) is 0. The number of nitrogens with one attached hydrogen (secondary N) is 1. The van der Waals surface area contributed by atoms with Gasteiger partial charge in [0, 0.05) is 5.56 Å². The number of sulfonamides is 1. The number of carbonyl (C=O) groups is 2. The minimum absolute atomic E-state index is 0.0445. The highest BCUT2D eigenvalue weighted by Gasteiger charge is 2.28. The van der Waals surface area contributed by atoms with Gasteiger partial charge in [-0.1, -0.05) is 61.9 Å². The zero-order valence-electron chi connectivity index (χ0n) is 16.2. The Balaban J connectivity index is 2.08. The maximum Gasteiger partial charge on any atom is 0.324 e. The average molecular weight is 404 g/mol. The number of esters is 1. The van der Waals surface area contributed by atoms with Gasteiger partial charge in [-0.2, -0.15) is 4.72 Å². The second-order valence-corrected chi connectivity index (χ2v) is 8.73. The molecule has 28 heavy (non-hydrogen) atoms. The van der Waals surface area contributed by atoms with E-state index in [2.05, 4.69) is 4.72 Å². The Hall–Kier alpha value is -2.51. The monoisotopic (exact) mass is 403 g/mol. The van der Waals surface area contributed by atoms with Crippen LogP contribution in [0.15, 0.2) is 59.5 Å². The topological polar surface area (TPSA) is 89.5 Å². The molecule has 1 atom stereocenters. The van der Waals surface area contributed by atoms with E-state index in [0.29, 0.717) is 5.56 Å². The number of ether oxygens (including phenoxy) is 1. The summed E-state index contributed by atoms with van der Waals surface area (Å²) >= 11 is 0. The highest BCUT2D eigenvalue weighted by molar-refractivity contribution is 7.89. The largest absolute Gasteiger partial charge is 0.456 e. The molecule has 6 nitrogen and oxygen atoms in total. The third kappa shape index (κ3) is 6.28. The van der Waals surface area contributed by atoms with E-state index in [1.807, 2.05) is 20.8 Å². The minimum Gasteiger partial charge on any atom is -0.456 e. The molecule has 150 valence electrons. The van der Waals surface area contributed by atoms with E-state index in [1.54, 1.807) is 42.5 Å². The fourth-order valence-electron chi connectivity index (χ4n) is 2.58. The molecule has 0 heterocycles. The Morgan fingerprint density at radius 2 is 1.61 bits per heavy atom. The molecule has 0 bridgehead atoms. The van der Waals surface area contributed by atoms with Crippen molar-refractivity contribution >= 4 is 21.8 Å². The predicted molar refractivity (Wildman–Crippen MR) is 106 cm³/mol. The van der Waals surface area contributed by atoms with Crippen LogP contribution in [0.25, 0.3) is 0 Å². The normalized spacial score (nSPS) is 12.6. The van der Waals surface area contributed by atoms with Gasteiger partial charge in [-0.25, -0.2) is 8.42 Å². The summed E-state index contributed by atoms with van der Waals surface area (Å²) < 4.78 is 32.7. The summed E-state index contributed by atoms with van der Waals surface area (Å²) in [5.41, 5.74) is 1.35. The molecule has 7 heteroatoms. The molecular weight excluding hydrogens is 378 g/mol. The molecule has 0 saturated heterocycles. The first-order chi connectivity index (χ1) is 13.2. The van der Waals surface area contributed by atoms with Crippen molar-refractivity contribution in [1.82, 2.24) is 4.72 Å². The van der Waals surface area contributed by atoms with Crippen LogP contribution in [0.1, 0.15) is 36.2 Å². The number of rotatable bonds is 9. The molecular formula is C21H25NO5S. The van der Waals surface area contributed by atoms with Crippen LogP contribution in [0.2, 0.25) is 0 Å². The number of Topliss-reactive ketones (excluding diaryl/α,β-unsaturated/α-hetero) is 1. The van der Waals surface area contributed by atoms with Crippen LogP contribution < -0.4 is 4.72 Å². The molecule has 0 aliphatic heterocycles. The second kappa shape index (κ2) is 9.61. The van der Waals surface area contributed by atoms with Crippen molar-refractivity contribution in [3.8, 4) is 0 Å². The molecule has 1 N–H and O–H groups in total. The third-order valence-corrected chi connectivity index (χ3v) is 5.55. The molecule has 0 fully saturated rings. The number of carbonyl (C=O) groups excluding carboxylic acids is 2. The van der Waals surface area contributed by atoms with Gasteiger partial charge < -0.3 is 4.74 Å². The summed E-state index contributed by atoms with van der Waals surface area (Å²) in [6.07, 6.45) is 0.253. The van der Waals surface area contributed by atoms with Crippen LogP contribution in [-0.2, 0) is 19.6 Å². The first-order valence-corrected chi connectivity index (χ1v) is 10.5. The van der Waals surface area contributed by atoms with Crippen molar-refractivity contribution in [2.45, 2.75) is 38.1 Å².